The van der Waals surface area contributed by atoms with Crippen molar-refractivity contribution < 1.29 is 0 Å². The minimum Gasteiger partial charge on any atom is -0.396 e. The number of rotatable bonds is 3. The fourth-order valence-corrected chi connectivity index (χ4v) is 2.01. The van der Waals surface area contributed by atoms with Gasteiger partial charge in [-0.15, -0.1) is 0 Å². The first-order valence-corrected chi connectivity index (χ1v) is 6.02. The van der Waals surface area contributed by atoms with E-state index in [4.69, 9.17) is 11.0 Å². The molecule has 4 nitrogen and oxygen atoms in total. The van der Waals surface area contributed by atoms with E-state index in [0.29, 0.717) is 17.1 Å². The molecule has 0 atom stereocenters. The fraction of sp³-hybridized carbons (Fsp3) is 0.200. The minimum absolute atomic E-state index is 0.477. The Morgan fingerprint density at radius 1 is 1.37 bits per heavy atom. The molecule has 0 fully saturated rings. The first-order valence-electron chi connectivity index (χ1n) is 6.02. The molecule has 0 aliphatic carbocycles. The van der Waals surface area contributed by atoms with E-state index in [9.17, 15) is 0 Å². The lowest BCUT2D eigenvalue weighted by Crippen LogP contribution is -2.19. The zero-order chi connectivity index (χ0) is 13.8. The molecule has 0 aliphatic rings. The van der Waals surface area contributed by atoms with Gasteiger partial charge in [-0.2, -0.15) is 5.26 Å². The maximum atomic E-state index is 8.80. The zero-order valence-electron chi connectivity index (χ0n) is 11.1. The highest BCUT2D eigenvalue weighted by Gasteiger charge is 2.08. The highest BCUT2D eigenvalue weighted by Crippen LogP contribution is 2.21. The van der Waals surface area contributed by atoms with E-state index < -0.39 is 0 Å². The van der Waals surface area contributed by atoms with E-state index in [0.717, 1.165) is 6.54 Å². The second-order valence-corrected chi connectivity index (χ2v) is 4.59. The summed E-state index contributed by atoms with van der Waals surface area (Å²) in [6.45, 7) is 2.79. The number of hydrogen-bond donors (Lipinski definition) is 1. The van der Waals surface area contributed by atoms with E-state index >= 15 is 0 Å². The fourth-order valence-electron chi connectivity index (χ4n) is 2.01. The number of pyridine rings is 1. The Hall–Kier alpha value is -2.54. The molecule has 1 heterocycles. The summed E-state index contributed by atoms with van der Waals surface area (Å²) >= 11 is 0. The number of nitriles is 1. The van der Waals surface area contributed by atoms with Gasteiger partial charge >= 0.3 is 0 Å². The van der Waals surface area contributed by atoms with Gasteiger partial charge in [0, 0.05) is 19.8 Å². The molecule has 4 heteroatoms. The molecule has 2 aromatic rings. The molecule has 0 saturated heterocycles. The van der Waals surface area contributed by atoms with E-state index in [1.54, 1.807) is 12.3 Å². The average Bonchev–Trinajstić information content (AvgIpc) is 2.38. The van der Waals surface area contributed by atoms with Gasteiger partial charge in [0.25, 0.3) is 0 Å². The molecule has 0 spiro atoms. The van der Waals surface area contributed by atoms with E-state index in [1.165, 1.54) is 11.1 Å². The maximum absolute atomic E-state index is 8.80. The summed E-state index contributed by atoms with van der Waals surface area (Å²) in [5, 5.41) is 8.80. The lowest BCUT2D eigenvalue weighted by molar-refractivity contribution is 0.898. The summed E-state index contributed by atoms with van der Waals surface area (Å²) in [6.07, 6.45) is 1.54. The normalized spacial score (nSPS) is 9.95. The smallest absolute Gasteiger partial charge is 0.151 e. The zero-order valence-corrected chi connectivity index (χ0v) is 11.1. The molecule has 2 N–H and O–H groups in total. The van der Waals surface area contributed by atoms with Crippen LogP contribution in [0.2, 0.25) is 0 Å². The van der Waals surface area contributed by atoms with Gasteiger partial charge in [-0.25, -0.2) is 4.98 Å². The summed E-state index contributed by atoms with van der Waals surface area (Å²) in [7, 11) is 1.94. The monoisotopic (exact) mass is 252 g/mol. The molecule has 0 radical (unpaired) electrons. The third-order valence-electron chi connectivity index (χ3n) is 2.89. The van der Waals surface area contributed by atoms with Crippen LogP contribution in [0.4, 0.5) is 11.5 Å². The van der Waals surface area contributed by atoms with Crippen LogP contribution >= 0.6 is 0 Å². The number of nitrogens with zero attached hydrogens (tertiary/aromatic N) is 3. The average molecular weight is 252 g/mol. The predicted octanol–water partition coefficient (Wildman–Crippen LogP) is 2.48. The Bertz CT molecular complexity index is 628. The molecular weight excluding hydrogens is 236 g/mol. The van der Waals surface area contributed by atoms with Crippen molar-refractivity contribution in [3.05, 3.63) is 53.2 Å². The van der Waals surface area contributed by atoms with Crippen molar-refractivity contribution in [1.29, 1.82) is 5.26 Å². The lowest BCUT2D eigenvalue weighted by atomic mass is 10.1. The van der Waals surface area contributed by atoms with Gasteiger partial charge in [0.05, 0.1) is 11.3 Å². The summed E-state index contributed by atoms with van der Waals surface area (Å²) in [5.74, 6) is 0.695. The summed E-state index contributed by atoms with van der Waals surface area (Å²) in [5.41, 5.74) is 9.36. The van der Waals surface area contributed by atoms with Gasteiger partial charge in [-0.3, -0.25) is 0 Å². The Morgan fingerprint density at radius 3 is 2.79 bits per heavy atom. The van der Waals surface area contributed by atoms with Gasteiger partial charge in [0.2, 0.25) is 0 Å². The van der Waals surface area contributed by atoms with Crippen LogP contribution in [-0.2, 0) is 6.54 Å². The molecule has 0 aliphatic heterocycles. The molecule has 0 amide bonds. The number of nitrogen functional groups attached to an aromatic ring is 1. The highest BCUT2D eigenvalue weighted by atomic mass is 15.2. The number of aryl methyl sites for hydroxylation is 1. The van der Waals surface area contributed by atoms with Crippen LogP contribution in [0.15, 0.2) is 36.5 Å². The van der Waals surface area contributed by atoms with Crippen molar-refractivity contribution in [3.8, 4) is 6.07 Å². The Labute approximate surface area is 113 Å². The molecule has 0 unspecified atom stereocenters. The molecule has 1 aromatic heterocycles. The number of aromatic nitrogens is 1. The van der Waals surface area contributed by atoms with Crippen LogP contribution < -0.4 is 10.6 Å². The van der Waals surface area contributed by atoms with Gasteiger partial charge in [-0.05, 0) is 18.6 Å². The number of hydrogen-bond acceptors (Lipinski definition) is 4. The maximum Gasteiger partial charge on any atom is 0.151 e. The minimum atomic E-state index is 0.477. The van der Waals surface area contributed by atoms with Gasteiger partial charge in [0.15, 0.2) is 5.82 Å². The molecule has 19 heavy (non-hydrogen) atoms. The number of benzene rings is 1. The third-order valence-corrected chi connectivity index (χ3v) is 2.89. The second kappa shape index (κ2) is 5.40. The Morgan fingerprint density at radius 2 is 2.16 bits per heavy atom. The molecular formula is C15H16N4. The number of nitrogens with two attached hydrogens (primary N) is 1. The van der Waals surface area contributed by atoms with E-state index in [1.807, 2.05) is 24.1 Å². The van der Waals surface area contributed by atoms with Crippen LogP contribution in [0.5, 0.6) is 0 Å². The Kier molecular flexibility index (Phi) is 3.67. The third kappa shape index (κ3) is 3.02. The van der Waals surface area contributed by atoms with Crippen LogP contribution in [0.3, 0.4) is 0 Å². The largest absolute Gasteiger partial charge is 0.396 e. The molecule has 0 saturated carbocycles. The highest BCUT2D eigenvalue weighted by molar-refractivity contribution is 5.64. The topological polar surface area (TPSA) is 65.9 Å². The van der Waals surface area contributed by atoms with E-state index in [-0.39, 0.29) is 0 Å². The van der Waals surface area contributed by atoms with Crippen molar-refractivity contribution >= 4 is 11.5 Å². The van der Waals surface area contributed by atoms with Crippen LogP contribution in [-0.4, -0.2) is 12.0 Å². The SMILES string of the molecule is Cc1cccc(CN(C)c2ncc(C#N)cc2N)c1. The van der Waals surface area contributed by atoms with Crippen molar-refractivity contribution in [1.82, 2.24) is 4.98 Å². The summed E-state index contributed by atoms with van der Waals surface area (Å²) in [4.78, 5) is 6.22. The first-order chi connectivity index (χ1) is 9.10. The molecule has 96 valence electrons. The lowest BCUT2D eigenvalue weighted by Gasteiger charge is -2.20. The molecule has 2 rings (SSSR count). The van der Waals surface area contributed by atoms with E-state index in [2.05, 4.69) is 30.1 Å². The first kappa shape index (κ1) is 12.9. The predicted molar refractivity (Wildman–Crippen MR) is 76.7 cm³/mol. The van der Waals surface area contributed by atoms with Crippen LogP contribution in [0.25, 0.3) is 0 Å². The molecule has 1 aromatic carbocycles. The van der Waals surface area contributed by atoms with Crippen molar-refractivity contribution in [2.45, 2.75) is 13.5 Å². The van der Waals surface area contributed by atoms with Crippen LogP contribution in [0.1, 0.15) is 16.7 Å². The van der Waals surface area contributed by atoms with Gasteiger partial charge < -0.3 is 10.6 Å². The quantitative estimate of drug-likeness (QED) is 0.911. The van der Waals surface area contributed by atoms with Gasteiger partial charge in [-0.1, -0.05) is 29.8 Å². The standard InChI is InChI=1S/C15H16N4/c1-11-4-3-5-12(6-11)10-19(2)15-14(17)7-13(8-16)9-18-15/h3-7,9H,10,17H2,1-2H3. The number of anilines is 2. The Balaban J connectivity index is 2.21. The van der Waals surface area contributed by atoms with Crippen molar-refractivity contribution in [2.75, 3.05) is 17.7 Å². The second-order valence-electron chi connectivity index (χ2n) is 4.59. The van der Waals surface area contributed by atoms with Crippen molar-refractivity contribution in [2.24, 2.45) is 0 Å². The van der Waals surface area contributed by atoms with Crippen LogP contribution in [0, 0.1) is 18.3 Å². The summed E-state index contributed by atoms with van der Waals surface area (Å²) < 4.78 is 0. The van der Waals surface area contributed by atoms with Crippen molar-refractivity contribution in [3.63, 3.8) is 0 Å². The summed E-state index contributed by atoms with van der Waals surface area (Å²) in [6, 6.07) is 12.0. The molecule has 0 bridgehead atoms. The van der Waals surface area contributed by atoms with Gasteiger partial charge in [0.1, 0.15) is 6.07 Å².